The number of hydrogen-bond acceptors (Lipinski definition) is 5. The molecule has 0 amide bonds. The lowest BCUT2D eigenvalue weighted by atomic mass is 10.0. The van der Waals surface area contributed by atoms with Crippen molar-refractivity contribution >= 4 is 0 Å². The fourth-order valence-electron chi connectivity index (χ4n) is 5.89. The monoisotopic (exact) mass is 586 g/mol. The highest BCUT2D eigenvalue weighted by atomic mass is 16.3. The van der Waals surface area contributed by atoms with Gasteiger partial charge < -0.3 is 20.4 Å². The first-order valence-corrected chi connectivity index (χ1v) is 18.5. The highest BCUT2D eigenvalue weighted by Crippen LogP contribution is 2.16. The topological polar surface area (TPSA) is 93.0 Å². The van der Waals surface area contributed by atoms with Crippen LogP contribution in [0.25, 0.3) is 0 Å². The van der Waals surface area contributed by atoms with Crippen molar-refractivity contribution in [3.8, 4) is 0 Å². The summed E-state index contributed by atoms with van der Waals surface area (Å²) in [4.78, 5) is 0. The molecule has 41 heavy (non-hydrogen) atoms. The smallest absolute Gasteiger partial charge is 0.131 e. The Hall–Kier alpha value is -0.200. The molecule has 4 atom stereocenters. The maximum Gasteiger partial charge on any atom is 0.131 e. The van der Waals surface area contributed by atoms with Gasteiger partial charge in [0.15, 0.2) is 0 Å². The standard InChI is InChI=1S/C36H75NO4/c1-3-5-7-9-11-13-15-17-19-21-23-25-27-29-31-35(40)36(41)37-33(32-38)34(39)30-28-26-24-22-20-18-16-14-12-10-8-6-4-2/h33-41H,3-32H2,1-2H3/t33-,34+,35?,36?/m0/s1. The van der Waals surface area contributed by atoms with Crippen LogP contribution in [0.4, 0.5) is 0 Å². The van der Waals surface area contributed by atoms with Crippen molar-refractivity contribution in [1.29, 1.82) is 0 Å². The first-order chi connectivity index (χ1) is 20.1. The van der Waals surface area contributed by atoms with Gasteiger partial charge in [-0.2, -0.15) is 0 Å². The maximum atomic E-state index is 10.5. The van der Waals surface area contributed by atoms with Gasteiger partial charge in [0.05, 0.1) is 24.9 Å². The van der Waals surface area contributed by atoms with E-state index in [2.05, 4.69) is 19.2 Å². The molecule has 0 fully saturated rings. The summed E-state index contributed by atoms with van der Waals surface area (Å²) in [7, 11) is 0. The van der Waals surface area contributed by atoms with Gasteiger partial charge in [-0.15, -0.1) is 0 Å². The average molecular weight is 586 g/mol. The minimum Gasteiger partial charge on any atom is -0.395 e. The summed E-state index contributed by atoms with van der Waals surface area (Å²) in [5.74, 6) is 0. The third kappa shape index (κ3) is 28.3. The molecule has 0 aliphatic rings. The molecular weight excluding hydrogens is 510 g/mol. The number of nitrogens with one attached hydrogen (secondary N) is 1. The van der Waals surface area contributed by atoms with Crippen LogP contribution in [0.1, 0.15) is 200 Å². The molecular formula is C36H75NO4. The van der Waals surface area contributed by atoms with E-state index >= 15 is 0 Å². The van der Waals surface area contributed by atoms with Crippen LogP contribution >= 0.6 is 0 Å². The fourth-order valence-corrected chi connectivity index (χ4v) is 5.89. The van der Waals surface area contributed by atoms with Crippen molar-refractivity contribution in [2.24, 2.45) is 0 Å². The number of unbranched alkanes of at least 4 members (excludes halogenated alkanes) is 25. The lowest BCUT2D eigenvalue weighted by Crippen LogP contribution is -2.52. The average Bonchev–Trinajstić information content (AvgIpc) is 2.98. The Labute approximate surface area is 256 Å². The molecule has 0 spiro atoms. The molecule has 2 unspecified atom stereocenters. The third-order valence-corrected chi connectivity index (χ3v) is 8.87. The molecule has 0 bridgehead atoms. The summed E-state index contributed by atoms with van der Waals surface area (Å²) < 4.78 is 0. The second-order valence-corrected chi connectivity index (χ2v) is 13.0. The van der Waals surface area contributed by atoms with Crippen molar-refractivity contribution < 1.29 is 20.4 Å². The normalized spacial score (nSPS) is 14.8. The van der Waals surface area contributed by atoms with Crippen molar-refractivity contribution in [2.75, 3.05) is 6.61 Å². The van der Waals surface area contributed by atoms with Gasteiger partial charge in [-0.05, 0) is 12.8 Å². The molecule has 0 heterocycles. The molecule has 0 aliphatic carbocycles. The molecule has 248 valence electrons. The van der Waals surface area contributed by atoms with E-state index in [1.807, 2.05) is 0 Å². The molecule has 0 aromatic carbocycles. The lowest BCUT2D eigenvalue weighted by Gasteiger charge is -2.27. The Bertz CT molecular complexity index is 492. The van der Waals surface area contributed by atoms with Crippen molar-refractivity contribution in [1.82, 2.24) is 5.32 Å². The van der Waals surface area contributed by atoms with Crippen LogP contribution < -0.4 is 5.32 Å². The minimum atomic E-state index is -1.12. The molecule has 0 saturated heterocycles. The molecule has 0 aliphatic heterocycles. The Balaban J connectivity index is 3.66. The first kappa shape index (κ1) is 40.8. The van der Waals surface area contributed by atoms with Crippen molar-refractivity contribution in [3.05, 3.63) is 0 Å². The van der Waals surface area contributed by atoms with E-state index in [1.54, 1.807) is 0 Å². The summed E-state index contributed by atoms with van der Waals surface area (Å²) in [6.07, 6.45) is 33.3. The van der Waals surface area contributed by atoms with Crippen LogP contribution in [-0.2, 0) is 0 Å². The number of rotatable bonds is 34. The maximum absolute atomic E-state index is 10.5. The Morgan fingerprint density at radius 3 is 0.951 bits per heavy atom. The van der Waals surface area contributed by atoms with Gasteiger partial charge in [-0.3, -0.25) is 5.32 Å². The van der Waals surface area contributed by atoms with Crippen LogP contribution in [0.3, 0.4) is 0 Å². The van der Waals surface area contributed by atoms with Crippen LogP contribution in [0.15, 0.2) is 0 Å². The summed E-state index contributed by atoms with van der Waals surface area (Å²) in [5.41, 5.74) is 0. The van der Waals surface area contributed by atoms with Crippen LogP contribution in [0.5, 0.6) is 0 Å². The quantitative estimate of drug-likeness (QED) is 0.0383. The zero-order chi connectivity index (χ0) is 30.2. The lowest BCUT2D eigenvalue weighted by molar-refractivity contribution is -0.0351. The van der Waals surface area contributed by atoms with Gasteiger partial charge in [0.2, 0.25) is 0 Å². The van der Waals surface area contributed by atoms with E-state index in [1.165, 1.54) is 148 Å². The molecule has 5 heteroatoms. The van der Waals surface area contributed by atoms with Gasteiger partial charge in [-0.25, -0.2) is 0 Å². The highest BCUT2D eigenvalue weighted by molar-refractivity contribution is 4.79. The summed E-state index contributed by atoms with van der Waals surface area (Å²) in [6.45, 7) is 4.29. The van der Waals surface area contributed by atoms with Gasteiger partial charge in [0, 0.05) is 0 Å². The SMILES string of the molecule is CCCCCCCCCCCCCCCCC(O)C(O)N[C@@H](CO)[C@H](O)CCCCCCCCCCCCCCC. The Kier molecular flexibility index (Phi) is 32.5. The predicted molar refractivity (Wildman–Crippen MR) is 177 cm³/mol. The molecule has 5 N–H and O–H groups in total. The van der Waals surface area contributed by atoms with Crippen LogP contribution in [0.2, 0.25) is 0 Å². The predicted octanol–water partition coefficient (Wildman–Crippen LogP) is 9.33. The summed E-state index contributed by atoms with van der Waals surface area (Å²) >= 11 is 0. The van der Waals surface area contributed by atoms with Gasteiger partial charge >= 0.3 is 0 Å². The molecule has 0 rings (SSSR count). The zero-order valence-corrected chi connectivity index (χ0v) is 27.8. The highest BCUT2D eigenvalue weighted by Gasteiger charge is 2.24. The number of aliphatic hydroxyl groups is 4. The molecule has 5 nitrogen and oxygen atoms in total. The van der Waals surface area contributed by atoms with E-state index in [0.29, 0.717) is 12.8 Å². The molecule has 0 radical (unpaired) electrons. The Morgan fingerprint density at radius 2 is 0.659 bits per heavy atom. The van der Waals surface area contributed by atoms with E-state index in [9.17, 15) is 20.4 Å². The summed E-state index contributed by atoms with van der Waals surface area (Å²) in [5, 5.41) is 43.8. The molecule has 0 saturated carbocycles. The fraction of sp³-hybridized carbons (Fsp3) is 1.00. The second-order valence-electron chi connectivity index (χ2n) is 13.0. The van der Waals surface area contributed by atoms with Gasteiger partial charge in [0.25, 0.3) is 0 Å². The number of hydrogen-bond donors (Lipinski definition) is 5. The first-order valence-electron chi connectivity index (χ1n) is 18.5. The van der Waals surface area contributed by atoms with E-state index in [4.69, 9.17) is 0 Å². The molecule has 0 aromatic heterocycles. The van der Waals surface area contributed by atoms with Crippen LogP contribution in [0, 0.1) is 0 Å². The van der Waals surface area contributed by atoms with Crippen molar-refractivity contribution in [2.45, 2.75) is 225 Å². The molecule has 0 aromatic rings. The number of aliphatic hydroxyl groups excluding tert-OH is 4. The largest absolute Gasteiger partial charge is 0.395 e. The second kappa shape index (κ2) is 32.7. The van der Waals surface area contributed by atoms with Crippen LogP contribution in [-0.4, -0.2) is 51.5 Å². The van der Waals surface area contributed by atoms with E-state index in [0.717, 1.165) is 25.7 Å². The summed E-state index contributed by atoms with van der Waals surface area (Å²) in [6, 6.07) is -0.603. The minimum absolute atomic E-state index is 0.248. The van der Waals surface area contributed by atoms with E-state index < -0.39 is 24.5 Å². The van der Waals surface area contributed by atoms with Gasteiger partial charge in [0.1, 0.15) is 6.23 Å². The van der Waals surface area contributed by atoms with Crippen molar-refractivity contribution in [3.63, 3.8) is 0 Å². The van der Waals surface area contributed by atoms with E-state index in [-0.39, 0.29) is 6.61 Å². The zero-order valence-electron chi connectivity index (χ0n) is 27.8. The Morgan fingerprint density at radius 1 is 0.390 bits per heavy atom. The van der Waals surface area contributed by atoms with Gasteiger partial charge in [-0.1, -0.05) is 187 Å². The third-order valence-electron chi connectivity index (χ3n) is 8.87.